The van der Waals surface area contributed by atoms with E-state index in [1.807, 2.05) is 11.6 Å². The maximum Gasteiger partial charge on any atom is 0.335 e. The maximum absolute atomic E-state index is 5.19. The van der Waals surface area contributed by atoms with E-state index in [0.717, 1.165) is 25.5 Å². The second kappa shape index (κ2) is 3.10. The summed E-state index contributed by atoms with van der Waals surface area (Å²) < 4.78 is 7.08. The van der Waals surface area contributed by atoms with Crippen LogP contribution in [-0.4, -0.2) is 27.9 Å². The first-order chi connectivity index (χ1) is 5.90. The predicted molar refractivity (Wildman–Crippen MR) is 42.9 cm³/mol. The molecule has 66 valence electrons. The average Bonchev–Trinajstić information content (AvgIpc) is 2.47. The molecule has 1 aliphatic heterocycles. The van der Waals surface area contributed by atoms with Gasteiger partial charge in [0, 0.05) is 6.54 Å². The van der Waals surface area contributed by atoms with Gasteiger partial charge >= 0.3 is 6.01 Å². The molecule has 0 aliphatic carbocycles. The van der Waals surface area contributed by atoms with Gasteiger partial charge in [0.2, 0.25) is 0 Å². The van der Waals surface area contributed by atoms with Crippen molar-refractivity contribution in [1.82, 2.24) is 20.1 Å². The van der Waals surface area contributed by atoms with Crippen LogP contribution < -0.4 is 10.1 Å². The molecule has 12 heavy (non-hydrogen) atoms. The third kappa shape index (κ3) is 1.27. The van der Waals surface area contributed by atoms with Gasteiger partial charge in [0.1, 0.15) is 5.82 Å². The molecule has 5 nitrogen and oxygen atoms in total. The Morgan fingerprint density at radius 1 is 1.67 bits per heavy atom. The fourth-order valence-corrected chi connectivity index (χ4v) is 1.24. The third-order valence-electron chi connectivity index (χ3n) is 1.79. The van der Waals surface area contributed by atoms with Crippen molar-refractivity contribution in [2.24, 2.45) is 0 Å². The summed E-state index contributed by atoms with van der Waals surface area (Å²) in [6, 6.07) is 0.496. The molecule has 0 fully saturated rings. The smallest absolute Gasteiger partial charge is 0.335 e. The van der Waals surface area contributed by atoms with E-state index in [4.69, 9.17) is 4.74 Å². The largest absolute Gasteiger partial charge is 0.463 e. The summed E-state index contributed by atoms with van der Waals surface area (Å²) in [4.78, 5) is 4.21. The summed E-state index contributed by atoms with van der Waals surface area (Å²) in [5.74, 6) is 0.963. The lowest BCUT2D eigenvalue weighted by atomic mass is 10.4. The van der Waals surface area contributed by atoms with Crippen LogP contribution in [0.15, 0.2) is 0 Å². The lowest BCUT2D eigenvalue weighted by Gasteiger charge is -2.11. The number of nitrogens with one attached hydrogen (secondary N) is 1. The second-order valence-corrected chi connectivity index (χ2v) is 2.64. The fraction of sp³-hybridized carbons (Fsp3) is 0.714. The molecule has 0 spiro atoms. The molecule has 5 heteroatoms. The van der Waals surface area contributed by atoms with Crippen LogP contribution in [0.25, 0.3) is 0 Å². The molecule has 0 radical (unpaired) electrons. The van der Waals surface area contributed by atoms with Crippen molar-refractivity contribution < 1.29 is 4.74 Å². The van der Waals surface area contributed by atoms with E-state index in [1.165, 1.54) is 0 Å². The second-order valence-electron chi connectivity index (χ2n) is 2.64. The van der Waals surface area contributed by atoms with Crippen molar-refractivity contribution in [3.63, 3.8) is 0 Å². The topological polar surface area (TPSA) is 52.0 Å². The maximum atomic E-state index is 5.19. The molecule has 0 aromatic carbocycles. The molecule has 1 aromatic rings. The van der Waals surface area contributed by atoms with Gasteiger partial charge in [-0.05, 0) is 6.92 Å². The Morgan fingerprint density at radius 3 is 3.33 bits per heavy atom. The van der Waals surface area contributed by atoms with Gasteiger partial charge in [-0.25, -0.2) is 4.68 Å². The minimum Gasteiger partial charge on any atom is -0.463 e. The van der Waals surface area contributed by atoms with Gasteiger partial charge in [0.05, 0.1) is 19.7 Å². The van der Waals surface area contributed by atoms with Crippen molar-refractivity contribution in [2.45, 2.75) is 20.0 Å². The summed E-state index contributed by atoms with van der Waals surface area (Å²) >= 11 is 0. The first kappa shape index (κ1) is 7.54. The number of nitrogens with zero attached hydrogens (tertiary/aromatic N) is 3. The number of fused-ring (bicyclic) bond motifs is 1. The first-order valence-electron chi connectivity index (χ1n) is 4.17. The highest BCUT2D eigenvalue weighted by atomic mass is 16.5. The average molecular weight is 168 g/mol. The zero-order valence-electron chi connectivity index (χ0n) is 7.08. The number of hydrogen-bond acceptors (Lipinski definition) is 4. The number of rotatable bonds is 2. The monoisotopic (exact) mass is 168 g/mol. The van der Waals surface area contributed by atoms with E-state index in [0.29, 0.717) is 12.6 Å². The highest BCUT2D eigenvalue weighted by Crippen LogP contribution is 2.07. The van der Waals surface area contributed by atoms with E-state index < -0.39 is 0 Å². The van der Waals surface area contributed by atoms with Crippen LogP contribution in [0.5, 0.6) is 6.01 Å². The molecule has 2 rings (SSSR count). The molecule has 0 atom stereocenters. The van der Waals surface area contributed by atoms with E-state index in [1.54, 1.807) is 0 Å². The van der Waals surface area contributed by atoms with E-state index in [2.05, 4.69) is 15.4 Å². The van der Waals surface area contributed by atoms with Crippen LogP contribution in [-0.2, 0) is 13.1 Å². The summed E-state index contributed by atoms with van der Waals surface area (Å²) in [7, 11) is 0. The normalized spacial score (nSPS) is 15.8. The molecular formula is C7H12N4O. The Labute approximate surface area is 70.7 Å². The van der Waals surface area contributed by atoms with E-state index >= 15 is 0 Å². The van der Waals surface area contributed by atoms with E-state index in [9.17, 15) is 0 Å². The third-order valence-corrected chi connectivity index (χ3v) is 1.79. The van der Waals surface area contributed by atoms with Crippen molar-refractivity contribution in [3.05, 3.63) is 5.82 Å². The van der Waals surface area contributed by atoms with Gasteiger partial charge in [-0.1, -0.05) is 0 Å². The van der Waals surface area contributed by atoms with Gasteiger partial charge in [0.25, 0.3) is 0 Å². The minimum atomic E-state index is 0.496. The lowest BCUT2D eigenvalue weighted by molar-refractivity contribution is 0.310. The molecular weight excluding hydrogens is 156 g/mol. The van der Waals surface area contributed by atoms with Crippen molar-refractivity contribution in [2.75, 3.05) is 13.2 Å². The van der Waals surface area contributed by atoms with Gasteiger partial charge in [-0.3, -0.25) is 0 Å². The van der Waals surface area contributed by atoms with Crippen molar-refractivity contribution in [1.29, 1.82) is 0 Å². The van der Waals surface area contributed by atoms with Crippen LogP contribution in [0.3, 0.4) is 0 Å². The molecule has 2 heterocycles. The van der Waals surface area contributed by atoms with Crippen LogP contribution in [0.4, 0.5) is 0 Å². The zero-order chi connectivity index (χ0) is 8.39. The minimum absolute atomic E-state index is 0.496. The van der Waals surface area contributed by atoms with Crippen LogP contribution in [0.1, 0.15) is 12.7 Å². The Hall–Kier alpha value is -1.10. The van der Waals surface area contributed by atoms with Crippen molar-refractivity contribution in [3.8, 4) is 6.01 Å². The number of aromatic nitrogens is 3. The van der Waals surface area contributed by atoms with Crippen LogP contribution in [0, 0.1) is 0 Å². The highest BCUT2D eigenvalue weighted by molar-refractivity contribution is 4.99. The van der Waals surface area contributed by atoms with Gasteiger partial charge < -0.3 is 10.1 Å². The van der Waals surface area contributed by atoms with Crippen LogP contribution in [0.2, 0.25) is 0 Å². The lowest BCUT2D eigenvalue weighted by Crippen LogP contribution is -2.28. The highest BCUT2D eigenvalue weighted by Gasteiger charge is 2.13. The van der Waals surface area contributed by atoms with Gasteiger partial charge in [-0.15, -0.1) is 5.10 Å². The fourth-order valence-electron chi connectivity index (χ4n) is 1.24. The number of hydrogen-bond donors (Lipinski definition) is 1. The summed E-state index contributed by atoms with van der Waals surface area (Å²) in [6.45, 7) is 5.19. The predicted octanol–water partition coefficient (Wildman–Crippen LogP) is -0.220. The molecule has 0 unspecified atom stereocenters. The molecule has 1 aliphatic rings. The molecule has 1 aromatic heterocycles. The standard InChI is InChI=1S/C7H12N4O/c1-2-12-7-9-6-5-8-3-4-11(6)10-7/h8H,2-5H2,1H3. The Kier molecular flexibility index (Phi) is 1.95. The molecule has 0 bridgehead atoms. The molecule has 0 saturated carbocycles. The summed E-state index contributed by atoms with van der Waals surface area (Å²) in [5, 5.41) is 7.40. The first-order valence-corrected chi connectivity index (χ1v) is 4.17. The Bertz CT molecular complexity index is 247. The summed E-state index contributed by atoms with van der Waals surface area (Å²) in [6.07, 6.45) is 0. The molecule has 0 saturated heterocycles. The van der Waals surface area contributed by atoms with Gasteiger partial charge in [-0.2, -0.15) is 4.98 Å². The SMILES string of the molecule is CCOc1nc2n(n1)CCNC2. The molecule has 1 N–H and O–H groups in total. The summed E-state index contributed by atoms with van der Waals surface area (Å²) in [5.41, 5.74) is 0. The zero-order valence-corrected chi connectivity index (χ0v) is 7.08. The Morgan fingerprint density at radius 2 is 2.58 bits per heavy atom. The molecule has 0 amide bonds. The van der Waals surface area contributed by atoms with Crippen molar-refractivity contribution >= 4 is 0 Å². The van der Waals surface area contributed by atoms with Gasteiger partial charge in [0.15, 0.2) is 0 Å². The van der Waals surface area contributed by atoms with E-state index in [-0.39, 0.29) is 0 Å². The quantitative estimate of drug-likeness (QED) is 0.663. The number of ether oxygens (including phenoxy) is 1. The Balaban J connectivity index is 2.20. The van der Waals surface area contributed by atoms with Crippen LogP contribution >= 0.6 is 0 Å².